The van der Waals surface area contributed by atoms with Gasteiger partial charge in [0.1, 0.15) is 11.4 Å². The number of nitro groups is 1. The van der Waals surface area contributed by atoms with Gasteiger partial charge in [-0.05, 0) is 13.0 Å². The van der Waals surface area contributed by atoms with Crippen LogP contribution in [-0.4, -0.2) is 25.1 Å². The summed E-state index contributed by atoms with van der Waals surface area (Å²) in [6, 6.07) is 6.50. The molecule has 0 fully saturated rings. The van der Waals surface area contributed by atoms with Crippen molar-refractivity contribution in [3.05, 3.63) is 28.3 Å². The van der Waals surface area contributed by atoms with Gasteiger partial charge >= 0.3 is 0 Å². The van der Waals surface area contributed by atoms with Gasteiger partial charge in [0, 0.05) is 25.2 Å². The first-order valence-electron chi connectivity index (χ1n) is 5.43. The predicted molar refractivity (Wildman–Crippen MR) is 67.7 cm³/mol. The maximum Gasteiger partial charge on any atom is 0.292 e. The molecule has 1 aromatic rings. The Balaban J connectivity index is 3.19. The minimum Gasteiger partial charge on any atom is -0.497 e. The topological polar surface area (TPSA) is 79.4 Å². The molecule has 1 atom stereocenters. The zero-order valence-corrected chi connectivity index (χ0v) is 10.6. The molecule has 0 N–H and O–H groups in total. The Morgan fingerprint density at radius 3 is 2.78 bits per heavy atom. The van der Waals surface area contributed by atoms with Crippen molar-refractivity contribution in [1.29, 1.82) is 5.26 Å². The van der Waals surface area contributed by atoms with E-state index in [1.165, 1.54) is 13.2 Å². The van der Waals surface area contributed by atoms with E-state index < -0.39 is 4.92 Å². The molecule has 0 heterocycles. The molecule has 6 nitrogen and oxygen atoms in total. The Kier molecular flexibility index (Phi) is 4.49. The van der Waals surface area contributed by atoms with Crippen LogP contribution >= 0.6 is 0 Å². The van der Waals surface area contributed by atoms with Crippen molar-refractivity contribution in [1.82, 2.24) is 0 Å². The second kappa shape index (κ2) is 5.87. The summed E-state index contributed by atoms with van der Waals surface area (Å²) in [7, 11) is 3.23. The highest BCUT2D eigenvalue weighted by Gasteiger charge is 2.21. The summed E-state index contributed by atoms with van der Waals surface area (Å²) in [5, 5.41) is 19.7. The first-order chi connectivity index (χ1) is 8.51. The van der Waals surface area contributed by atoms with E-state index in [-0.39, 0.29) is 11.7 Å². The monoisotopic (exact) mass is 249 g/mol. The molecule has 18 heavy (non-hydrogen) atoms. The quantitative estimate of drug-likeness (QED) is 0.591. The molecule has 1 aromatic carbocycles. The van der Waals surface area contributed by atoms with Crippen LogP contribution in [0.3, 0.4) is 0 Å². The lowest BCUT2D eigenvalue weighted by Gasteiger charge is -2.25. The summed E-state index contributed by atoms with van der Waals surface area (Å²) < 4.78 is 5.07. The van der Waals surface area contributed by atoms with E-state index in [9.17, 15) is 10.1 Å². The first kappa shape index (κ1) is 13.8. The van der Waals surface area contributed by atoms with Gasteiger partial charge in [0.05, 0.1) is 24.5 Å². The average Bonchev–Trinajstić information content (AvgIpc) is 2.37. The molecule has 96 valence electrons. The van der Waals surface area contributed by atoms with Crippen LogP contribution in [0.1, 0.15) is 13.3 Å². The van der Waals surface area contributed by atoms with Crippen molar-refractivity contribution in [2.75, 3.05) is 19.1 Å². The lowest BCUT2D eigenvalue weighted by molar-refractivity contribution is -0.384. The third-order valence-corrected chi connectivity index (χ3v) is 2.81. The van der Waals surface area contributed by atoms with Crippen molar-refractivity contribution in [3.63, 3.8) is 0 Å². The Bertz CT molecular complexity index is 482. The minimum atomic E-state index is -0.440. The summed E-state index contributed by atoms with van der Waals surface area (Å²) in [5.74, 6) is 0.548. The largest absolute Gasteiger partial charge is 0.497 e. The number of nitro benzene ring substituents is 1. The summed E-state index contributed by atoms with van der Waals surface area (Å²) in [6.07, 6.45) is 0.296. The number of hydrogen-bond acceptors (Lipinski definition) is 5. The molecule has 0 radical (unpaired) electrons. The highest BCUT2D eigenvalue weighted by atomic mass is 16.6. The highest BCUT2D eigenvalue weighted by molar-refractivity contribution is 5.66. The number of nitrogens with zero attached hydrogens (tertiary/aromatic N) is 3. The van der Waals surface area contributed by atoms with Gasteiger partial charge in [-0.25, -0.2) is 0 Å². The van der Waals surface area contributed by atoms with E-state index in [2.05, 4.69) is 6.07 Å². The Hall–Kier alpha value is -2.29. The molecule has 0 spiro atoms. The second-order valence-electron chi connectivity index (χ2n) is 3.93. The molecule has 0 amide bonds. The smallest absolute Gasteiger partial charge is 0.292 e. The van der Waals surface area contributed by atoms with E-state index in [0.29, 0.717) is 17.9 Å². The first-order valence-corrected chi connectivity index (χ1v) is 5.43. The summed E-state index contributed by atoms with van der Waals surface area (Å²) >= 11 is 0. The van der Waals surface area contributed by atoms with Crippen molar-refractivity contribution in [2.24, 2.45) is 0 Å². The van der Waals surface area contributed by atoms with Crippen LogP contribution < -0.4 is 9.64 Å². The summed E-state index contributed by atoms with van der Waals surface area (Å²) in [5.41, 5.74) is 0.449. The number of ether oxygens (including phenoxy) is 1. The Morgan fingerprint density at radius 1 is 1.61 bits per heavy atom. The van der Waals surface area contributed by atoms with Crippen molar-refractivity contribution in [2.45, 2.75) is 19.4 Å². The number of nitriles is 1. The lowest BCUT2D eigenvalue weighted by atomic mass is 10.1. The van der Waals surface area contributed by atoms with Crippen molar-refractivity contribution in [3.8, 4) is 11.8 Å². The van der Waals surface area contributed by atoms with E-state index in [1.54, 1.807) is 24.1 Å². The Labute approximate surface area is 106 Å². The summed E-state index contributed by atoms with van der Waals surface area (Å²) in [6.45, 7) is 1.84. The van der Waals surface area contributed by atoms with Gasteiger partial charge < -0.3 is 9.64 Å². The molecule has 0 aliphatic heterocycles. The number of hydrogen-bond donors (Lipinski definition) is 0. The van der Waals surface area contributed by atoms with Gasteiger partial charge in [-0.3, -0.25) is 10.1 Å². The van der Waals surface area contributed by atoms with Gasteiger partial charge in [-0.15, -0.1) is 0 Å². The number of anilines is 1. The summed E-state index contributed by atoms with van der Waals surface area (Å²) in [4.78, 5) is 12.3. The average molecular weight is 249 g/mol. The third-order valence-electron chi connectivity index (χ3n) is 2.81. The van der Waals surface area contributed by atoms with E-state index in [4.69, 9.17) is 10.00 Å². The predicted octanol–water partition coefficient (Wildman–Crippen LogP) is 2.34. The molecule has 0 aliphatic carbocycles. The molecule has 1 unspecified atom stereocenters. The minimum absolute atomic E-state index is 0.00286. The van der Waals surface area contributed by atoms with E-state index in [1.807, 2.05) is 6.92 Å². The van der Waals surface area contributed by atoms with Gasteiger partial charge in [-0.1, -0.05) is 0 Å². The van der Waals surface area contributed by atoms with Gasteiger partial charge in [-0.2, -0.15) is 5.26 Å². The van der Waals surface area contributed by atoms with Crippen LogP contribution in [-0.2, 0) is 0 Å². The van der Waals surface area contributed by atoms with Crippen molar-refractivity contribution < 1.29 is 9.66 Å². The Morgan fingerprint density at radius 2 is 2.28 bits per heavy atom. The molecule has 0 aliphatic rings. The van der Waals surface area contributed by atoms with Crippen LogP contribution in [0, 0.1) is 21.4 Å². The molecule has 0 saturated carbocycles. The molecule has 0 bridgehead atoms. The van der Waals surface area contributed by atoms with Crippen LogP contribution in [0.25, 0.3) is 0 Å². The van der Waals surface area contributed by atoms with Crippen LogP contribution in [0.15, 0.2) is 18.2 Å². The van der Waals surface area contributed by atoms with Crippen LogP contribution in [0.5, 0.6) is 5.75 Å². The maximum atomic E-state index is 11.0. The molecule has 1 rings (SSSR count). The lowest BCUT2D eigenvalue weighted by Crippen LogP contribution is -2.28. The second-order valence-corrected chi connectivity index (χ2v) is 3.93. The van der Waals surface area contributed by atoms with Crippen LogP contribution in [0.2, 0.25) is 0 Å². The van der Waals surface area contributed by atoms with E-state index in [0.717, 1.165) is 0 Å². The molecular weight excluding hydrogens is 234 g/mol. The van der Waals surface area contributed by atoms with E-state index >= 15 is 0 Å². The maximum absolute atomic E-state index is 11.0. The normalized spacial score (nSPS) is 11.4. The molecule has 0 aromatic heterocycles. The SMILES string of the molecule is COc1ccc([N+](=O)[O-])c(N(C)C(C)CC#N)c1. The number of rotatable bonds is 5. The fourth-order valence-electron chi connectivity index (χ4n) is 1.57. The fourth-order valence-corrected chi connectivity index (χ4v) is 1.57. The van der Waals surface area contributed by atoms with Crippen molar-refractivity contribution >= 4 is 11.4 Å². The molecule has 6 heteroatoms. The van der Waals surface area contributed by atoms with Crippen LogP contribution in [0.4, 0.5) is 11.4 Å². The number of benzene rings is 1. The number of methoxy groups -OCH3 is 1. The fraction of sp³-hybridized carbons (Fsp3) is 0.417. The third kappa shape index (κ3) is 2.88. The molecule has 0 saturated heterocycles. The highest BCUT2D eigenvalue weighted by Crippen LogP contribution is 2.32. The zero-order chi connectivity index (χ0) is 13.7. The van der Waals surface area contributed by atoms with Gasteiger partial charge in [0.2, 0.25) is 0 Å². The standard InChI is InChI=1S/C12H15N3O3/c1-9(6-7-13)14(2)12-8-10(18-3)4-5-11(12)15(16)17/h4-5,8-9H,6H2,1-3H3. The van der Waals surface area contributed by atoms with Gasteiger partial charge in [0.15, 0.2) is 0 Å². The zero-order valence-electron chi connectivity index (χ0n) is 10.6. The van der Waals surface area contributed by atoms with Gasteiger partial charge in [0.25, 0.3) is 5.69 Å². The molecular formula is C12H15N3O3.